The summed E-state index contributed by atoms with van der Waals surface area (Å²) < 4.78 is 41.8. The normalized spacial score (nSPS) is 19.5. The highest BCUT2D eigenvalue weighted by Gasteiger charge is 2.34. The first-order valence-electron chi connectivity index (χ1n) is 4.55. The summed E-state index contributed by atoms with van der Waals surface area (Å²) in [6, 6.07) is 0. The molecule has 0 spiro atoms. The van der Waals surface area contributed by atoms with E-state index >= 15 is 0 Å². The second kappa shape index (κ2) is 5.16. The van der Waals surface area contributed by atoms with Gasteiger partial charge in [0.1, 0.15) is 0 Å². The van der Waals surface area contributed by atoms with E-state index < -0.39 is 11.7 Å². The van der Waals surface area contributed by atoms with Crippen molar-refractivity contribution in [1.29, 1.82) is 0 Å². The molecule has 0 amide bonds. The fraction of sp³-hybridized carbons (Fsp3) is 0.600. The van der Waals surface area contributed by atoms with E-state index in [4.69, 9.17) is 4.74 Å². The number of hydrogen-bond acceptors (Lipinski definition) is 1. The van der Waals surface area contributed by atoms with Crippen molar-refractivity contribution in [2.24, 2.45) is 0 Å². The van der Waals surface area contributed by atoms with E-state index in [1.165, 1.54) is 6.08 Å². The Kier molecular flexibility index (Phi) is 4.40. The van der Waals surface area contributed by atoms with Crippen molar-refractivity contribution in [3.8, 4) is 0 Å². The van der Waals surface area contributed by atoms with Crippen LogP contribution < -0.4 is 0 Å². The molecular formula is C10H12BrF3O. The van der Waals surface area contributed by atoms with E-state index in [0.717, 1.165) is 11.6 Å². The van der Waals surface area contributed by atoms with Crippen LogP contribution in [0.1, 0.15) is 12.8 Å². The van der Waals surface area contributed by atoms with Gasteiger partial charge in [-0.1, -0.05) is 33.7 Å². The number of rotatable bonds is 3. The first kappa shape index (κ1) is 12.8. The Labute approximate surface area is 95.1 Å². The summed E-state index contributed by atoms with van der Waals surface area (Å²) in [5.74, 6) is 0. The van der Waals surface area contributed by atoms with Gasteiger partial charge in [0.25, 0.3) is 0 Å². The minimum absolute atomic E-state index is 0.00790. The van der Waals surface area contributed by atoms with Crippen molar-refractivity contribution in [2.75, 3.05) is 13.7 Å². The number of alkyl halides is 4. The number of methoxy groups -OCH3 is 1. The van der Waals surface area contributed by atoms with Gasteiger partial charge in [-0.3, -0.25) is 0 Å². The summed E-state index contributed by atoms with van der Waals surface area (Å²) in [5.41, 5.74) is 0.494. The Bertz CT molecular complexity index is 281. The van der Waals surface area contributed by atoms with Crippen LogP contribution in [0.2, 0.25) is 0 Å². The lowest BCUT2D eigenvalue weighted by atomic mass is 9.96. The predicted molar refractivity (Wildman–Crippen MR) is 56.0 cm³/mol. The molecular weight excluding hydrogens is 273 g/mol. The van der Waals surface area contributed by atoms with Gasteiger partial charge in [-0.05, 0) is 12.8 Å². The highest BCUT2D eigenvalue weighted by atomic mass is 79.9. The van der Waals surface area contributed by atoms with Crippen LogP contribution in [0.4, 0.5) is 13.2 Å². The van der Waals surface area contributed by atoms with Gasteiger partial charge in [-0.2, -0.15) is 13.2 Å². The maximum Gasteiger partial charge on any atom is 0.412 e. The fourth-order valence-corrected chi connectivity index (χ4v) is 2.05. The van der Waals surface area contributed by atoms with Gasteiger partial charge >= 0.3 is 6.18 Å². The van der Waals surface area contributed by atoms with Crippen molar-refractivity contribution in [3.05, 3.63) is 23.3 Å². The second-order valence-corrected chi connectivity index (χ2v) is 4.46. The predicted octanol–water partition coefficient (Wildman–Crippen LogP) is 3.61. The van der Waals surface area contributed by atoms with Crippen LogP contribution >= 0.6 is 15.9 Å². The molecule has 0 aromatic rings. The monoisotopic (exact) mass is 284 g/mol. The number of halogens is 4. The fourth-order valence-electron chi connectivity index (χ4n) is 1.40. The van der Waals surface area contributed by atoms with E-state index in [0.29, 0.717) is 13.0 Å². The quantitative estimate of drug-likeness (QED) is 0.720. The summed E-state index contributed by atoms with van der Waals surface area (Å²) >= 11 is 3.37. The lowest BCUT2D eigenvalue weighted by Crippen LogP contribution is -2.17. The van der Waals surface area contributed by atoms with Gasteiger partial charge in [0, 0.05) is 12.7 Å². The molecule has 0 fully saturated rings. The molecule has 0 aliphatic heterocycles. The molecule has 0 N–H and O–H groups in total. The number of ether oxygens (including phenoxy) is 1. The molecule has 1 aliphatic rings. The Morgan fingerprint density at radius 3 is 2.47 bits per heavy atom. The van der Waals surface area contributed by atoms with Crippen LogP contribution in [0.25, 0.3) is 0 Å². The third-order valence-electron chi connectivity index (χ3n) is 2.26. The van der Waals surface area contributed by atoms with Crippen molar-refractivity contribution in [1.82, 2.24) is 0 Å². The van der Waals surface area contributed by atoms with Gasteiger partial charge in [0.05, 0.1) is 11.4 Å². The molecule has 0 aromatic carbocycles. The van der Waals surface area contributed by atoms with Crippen LogP contribution in [0, 0.1) is 0 Å². The maximum absolute atomic E-state index is 12.3. The van der Waals surface area contributed by atoms with E-state index in [9.17, 15) is 13.2 Å². The van der Waals surface area contributed by atoms with Gasteiger partial charge in [0.2, 0.25) is 0 Å². The summed E-state index contributed by atoms with van der Waals surface area (Å²) in [6.07, 6.45) is -1.01. The SMILES string of the molecule is COCC(Br)C1=CC=C(C(F)(F)F)CC1. The van der Waals surface area contributed by atoms with Crippen molar-refractivity contribution < 1.29 is 17.9 Å². The van der Waals surface area contributed by atoms with Gasteiger partial charge in [0.15, 0.2) is 0 Å². The van der Waals surface area contributed by atoms with E-state index in [-0.39, 0.29) is 11.2 Å². The second-order valence-electron chi connectivity index (χ2n) is 3.35. The average molecular weight is 285 g/mol. The summed E-state index contributed by atoms with van der Waals surface area (Å²) in [4.78, 5) is 0.00790. The zero-order chi connectivity index (χ0) is 11.5. The number of hydrogen-bond donors (Lipinski definition) is 0. The Hall–Kier alpha value is -0.290. The van der Waals surface area contributed by atoms with Gasteiger partial charge < -0.3 is 4.74 Å². The van der Waals surface area contributed by atoms with Crippen LogP contribution in [0.15, 0.2) is 23.3 Å². The topological polar surface area (TPSA) is 9.23 Å². The largest absolute Gasteiger partial charge is 0.412 e. The molecule has 1 unspecified atom stereocenters. The summed E-state index contributed by atoms with van der Waals surface area (Å²) in [5, 5.41) is 0. The summed E-state index contributed by atoms with van der Waals surface area (Å²) in [6.45, 7) is 0.473. The van der Waals surface area contributed by atoms with Crippen LogP contribution in [0.3, 0.4) is 0 Å². The molecule has 86 valence electrons. The highest BCUT2D eigenvalue weighted by Crippen LogP contribution is 2.34. The standard InChI is InChI=1S/C10H12BrF3O/c1-15-6-9(11)7-2-4-8(5-3-7)10(12,13)14/h2,4,9H,3,5-6H2,1H3. The molecule has 0 saturated heterocycles. The molecule has 5 heteroatoms. The lowest BCUT2D eigenvalue weighted by Gasteiger charge is -2.19. The Balaban J connectivity index is 2.68. The van der Waals surface area contributed by atoms with Crippen LogP contribution in [-0.2, 0) is 4.74 Å². The zero-order valence-electron chi connectivity index (χ0n) is 8.27. The molecule has 15 heavy (non-hydrogen) atoms. The van der Waals surface area contributed by atoms with Crippen molar-refractivity contribution in [3.63, 3.8) is 0 Å². The van der Waals surface area contributed by atoms with E-state index in [2.05, 4.69) is 15.9 Å². The molecule has 0 bridgehead atoms. The highest BCUT2D eigenvalue weighted by molar-refractivity contribution is 9.09. The molecule has 0 radical (unpaired) electrons. The first-order chi connectivity index (χ1) is 6.95. The Morgan fingerprint density at radius 2 is 2.07 bits per heavy atom. The molecule has 1 atom stereocenters. The Morgan fingerprint density at radius 1 is 1.40 bits per heavy atom. The van der Waals surface area contributed by atoms with E-state index in [1.807, 2.05) is 0 Å². The third-order valence-corrected chi connectivity index (χ3v) is 3.11. The van der Waals surface area contributed by atoms with Crippen LogP contribution in [-0.4, -0.2) is 24.7 Å². The van der Waals surface area contributed by atoms with Gasteiger partial charge in [-0.25, -0.2) is 0 Å². The maximum atomic E-state index is 12.3. The smallest absolute Gasteiger partial charge is 0.383 e. The lowest BCUT2D eigenvalue weighted by molar-refractivity contribution is -0.0941. The molecule has 1 aliphatic carbocycles. The van der Waals surface area contributed by atoms with E-state index in [1.54, 1.807) is 7.11 Å². The molecule has 0 heterocycles. The molecule has 1 nitrogen and oxygen atoms in total. The minimum Gasteiger partial charge on any atom is -0.383 e. The third kappa shape index (κ3) is 3.65. The zero-order valence-corrected chi connectivity index (χ0v) is 9.86. The average Bonchev–Trinajstić information content (AvgIpc) is 2.17. The molecule has 0 aromatic heterocycles. The van der Waals surface area contributed by atoms with Crippen LogP contribution in [0.5, 0.6) is 0 Å². The summed E-state index contributed by atoms with van der Waals surface area (Å²) in [7, 11) is 1.56. The minimum atomic E-state index is -4.19. The number of allylic oxidation sites excluding steroid dienone is 3. The first-order valence-corrected chi connectivity index (χ1v) is 5.46. The van der Waals surface area contributed by atoms with Gasteiger partial charge in [-0.15, -0.1) is 0 Å². The molecule has 0 saturated carbocycles. The molecule has 1 rings (SSSR count). The van der Waals surface area contributed by atoms with Crippen molar-refractivity contribution in [2.45, 2.75) is 23.8 Å². The van der Waals surface area contributed by atoms with Crippen molar-refractivity contribution >= 4 is 15.9 Å².